The van der Waals surface area contributed by atoms with Gasteiger partial charge in [-0.3, -0.25) is 9.59 Å². The minimum atomic E-state index is -0.619. The van der Waals surface area contributed by atoms with Crippen molar-refractivity contribution >= 4 is 23.4 Å². The van der Waals surface area contributed by atoms with Gasteiger partial charge in [-0.05, 0) is 47.7 Å². The van der Waals surface area contributed by atoms with Gasteiger partial charge in [0.05, 0.1) is 6.42 Å². The van der Waals surface area contributed by atoms with Crippen molar-refractivity contribution in [1.29, 1.82) is 0 Å². The third-order valence-electron chi connectivity index (χ3n) is 5.69. The number of carbonyl (C=O) groups excluding carboxylic acids is 2. The smallest absolute Gasteiger partial charge is 0.243 e. The zero-order valence-electron chi connectivity index (χ0n) is 19.3. The van der Waals surface area contributed by atoms with Crippen molar-refractivity contribution in [2.24, 2.45) is 0 Å². The third-order valence-corrected chi connectivity index (χ3v) is 5.94. The fourth-order valence-electron chi connectivity index (χ4n) is 3.78. The SMILES string of the molecule is CCCNC(=O)C(Cc1ccccc1)N(Cc1ccc(Cl)cc1)C(=O)Cc1ccccc1C. The Morgan fingerprint density at radius 2 is 1.58 bits per heavy atom. The van der Waals surface area contributed by atoms with Gasteiger partial charge in [0.2, 0.25) is 11.8 Å². The molecule has 1 unspecified atom stereocenters. The third kappa shape index (κ3) is 7.19. The summed E-state index contributed by atoms with van der Waals surface area (Å²) in [5.41, 5.74) is 3.97. The summed E-state index contributed by atoms with van der Waals surface area (Å²) in [6, 6.07) is 24.5. The van der Waals surface area contributed by atoms with Crippen molar-refractivity contribution < 1.29 is 9.59 Å². The number of hydrogen-bond donors (Lipinski definition) is 1. The Kier molecular flexibility index (Phi) is 9.08. The molecule has 172 valence electrons. The first-order chi connectivity index (χ1) is 16.0. The van der Waals surface area contributed by atoms with Crippen LogP contribution in [0.15, 0.2) is 78.9 Å². The fourth-order valence-corrected chi connectivity index (χ4v) is 3.91. The molecule has 0 aliphatic carbocycles. The second-order valence-electron chi connectivity index (χ2n) is 8.25. The molecule has 4 nitrogen and oxygen atoms in total. The van der Waals surface area contributed by atoms with Crippen LogP contribution in [0.1, 0.15) is 35.6 Å². The average Bonchev–Trinajstić information content (AvgIpc) is 2.83. The number of nitrogens with zero attached hydrogens (tertiary/aromatic N) is 1. The number of amides is 2. The first-order valence-electron chi connectivity index (χ1n) is 11.4. The summed E-state index contributed by atoms with van der Waals surface area (Å²) in [5, 5.41) is 3.64. The maximum absolute atomic E-state index is 13.7. The topological polar surface area (TPSA) is 49.4 Å². The van der Waals surface area contributed by atoms with Crippen molar-refractivity contribution in [3.05, 3.63) is 106 Å². The van der Waals surface area contributed by atoms with E-state index >= 15 is 0 Å². The van der Waals surface area contributed by atoms with E-state index in [1.165, 1.54) is 0 Å². The summed E-state index contributed by atoms with van der Waals surface area (Å²) in [7, 11) is 0. The molecular weight excluding hydrogens is 432 g/mol. The molecule has 0 bridgehead atoms. The van der Waals surface area contributed by atoms with E-state index in [9.17, 15) is 9.59 Å². The van der Waals surface area contributed by atoms with Crippen LogP contribution in [0.25, 0.3) is 0 Å². The van der Waals surface area contributed by atoms with E-state index in [1.807, 2.05) is 92.7 Å². The van der Waals surface area contributed by atoms with Crippen molar-refractivity contribution in [1.82, 2.24) is 10.2 Å². The lowest BCUT2D eigenvalue weighted by Gasteiger charge is -2.32. The van der Waals surface area contributed by atoms with Crippen LogP contribution >= 0.6 is 11.6 Å². The van der Waals surface area contributed by atoms with Gasteiger partial charge in [-0.1, -0.05) is 85.3 Å². The number of hydrogen-bond acceptors (Lipinski definition) is 2. The molecule has 0 saturated carbocycles. The Morgan fingerprint density at radius 3 is 2.24 bits per heavy atom. The second-order valence-corrected chi connectivity index (χ2v) is 8.68. The van der Waals surface area contributed by atoms with Gasteiger partial charge < -0.3 is 10.2 Å². The molecule has 1 N–H and O–H groups in total. The number of rotatable bonds is 10. The molecule has 0 spiro atoms. The summed E-state index contributed by atoms with van der Waals surface area (Å²) in [4.78, 5) is 28.7. The molecule has 0 aromatic heterocycles. The lowest BCUT2D eigenvalue weighted by molar-refractivity contribution is -0.140. The van der Waals surface area contributed by atoms with Crippen LogP contribution in [0.2, 0.25) is 5.02 Å². The number of aryl methyl sites for hydroxylation is 1. The van der Waals surface area contributed by atoms with Crippen LogP contribution in [0, 0.1) is 6.92 Å². The van der Waals surface area contributed by atoms with E-state index in [4.69, 9.17) is 11.6 Å². The lowest BCUT2D eigenvalue weighted by Crippen LogP contribution is -2.51. The normalized spacial score (nSPS) is 11.6. The average molecular weight is 463 g/mol. The quantitative estimate of drug-likeness (QED) is 0.441. The van der Waals surface area contributed by atoms with E-state index in [2.05, 4.69) is 5.32 Å². The highest BCUT2D eigenvalue weighted by Gasteiger charge is 2.30. The summed E-state index contributed by atoms with van der Waals surface area (Å²) in [5.74, 6) is -0.209. The van der Waals surface area contributed by atoms with E-state index in [1.54, 1.807) is 4.90 Å². The highest BCUT2D eigenvalue weighted by molar-refractivity contribution is 6.30. The van der Waals surface area contributed by atoms with Crippen LogP contribution in [0.3, 0.4) is 0 Å². The fraction of sp³-hybridized carbons (Fsp3) is 0.286. The lowest BCUT2D eigenvalue weighted by atomic mass is 10.00. The number of benzene rings is 3. The van der Waals surface area contributed by atoms with Gasteiger partial charge in [-0.15, -0.1) is 0 Å². The monoisotopic (exact) mass is 462 g/mol. The van der Waals surface area contributed by atoms with Crippen LogP contribution in [0.5, 0.6) is 0 Å². The molecule has 3 aromatic rings. The van der Waals surface area contributed by atoms with Gasteiger partial charge >= 0.3 is 0 Å². The summed E-state index contributed by atoms with van der Waals surface area (Å²) >= 11 is 6.07. The second kappa shape index (κ2) is 12.2. The summed E-state index contributed by atoms with van der Waals surface area (Å²) < 4.78 is 0. The van der Waals surface area contributed by atoms with Crippen LogP contribution in [-0.4, -0.2) is 29.3 Å². The Balaban J connectivity index is 1.95. The van der Waals surface area contributed by atoms with Crippen LogP contribution in [0.4, 0.5) is 0 Å². The molecule has 3 aromatic carbocycles. The molecule has 33 heavy (non-hydrogen) atoms. The maximum Gasteiger partial charge on any atom is 0.243 e. The van der Waals surface area contributed by atoms with E-state index in [-0.39, 0.29) is 18.2 Å². The highest BCUT2D eigenvalue weighted by atomic mass is 35.5. The Labute approximate surface area is 201 Å². The molecule has 0 radical (unpaired) electrons. The molecule has 2 amide bonds. The molecule has 1 atom stereocenters. The van der Waals surface area contributed by atoms with Crippen LogP contribution < -0.4 is 5.32 Å². The van der Waals surface area contributed by atoms with Gasteiger partial charge in [0.15, 0.2) is 0 Å². The van der Waals surface area contributed by atoms with E-state index in [0.717, 1.165) is 28.7 Å². The molecule has 0 saturated heterocycles. The van der Waals surface area contributed by atoms with Crippen molar-refractivity contribution in [3.8, 4) is 0 Å². The van der Waals surface area contributed by atoms with E-state index < -0.39 is 6.04 Å². The first-order valence-corrected chi connectivity index (χ1v) is 11.8. The molecule has 0 aliphatic rings. The Hall–Kier alpha value is -3.11. The molecule has 5 heteroatoms. The van der Waals surface area contributed by atoms with Gasteiger partial charge in [-0.2, -0.15) is 0 Å². The predicted octanol–water partition coefficient (Wildman–Crippen LogP) is 5.36. The number of halogens is 1. The van der Waals surface area contributed by atoms with Gasteiger partial charge in [-0.25, -0.2) is 0 Å². The Morgan fingerprint density at radius 1 is 0.909 bits per heavy atom. The van der Waals surface area contributed by atoms with Crippen LogP contribution in [-0.2, 0) is 29.0 Å². The van der Waals surface area contributed by atoms with Gasteiger partial charge in [0.25, 0.3) is 0 Å². The van der Waals surface area contributed by atoms with Gasteiger partial charge in [0.1, 0.15) is 6.04 Å². The highest BCUT2D eigenvalue weighted by Crippen LogP contribution is 2.19. The molecule has 0 aliphatic heterocycles. The minimum absolute atomic E-state index is 0.0770. The largest absolute Gasteiger partial charge is 0.354 e. The van der Waals surface area contributed by atoms with Gasteiger partial charge in [0, 0.05) is 24.5 Å². The van der Waals surface area contributed by atoms with Crippen molar-refractivity contribution in [2.75, 3.05) is 6.54 Å². The minimum Gasteiger partial charge on any atom is -0.354 e. The molecular formula is C28H31ClN2O2. The van der Waals surface area contributed by atoms with E-state index in [0.29, 0.717) is 24.5 Å². The molecule has 3 rings (SSSR count). The summed E-state index contributed by atoms with van der Waals surface area (Å²) in [6.07, 6.45) is 1.52. The first kappa shape index (κ1) is 24.5. The van der Waals surface area contributed by atoms with Crippen molar-refractivity contribution in [2.45, 2.75) is 45.7 Å². The zero-order chi connectivity index (χ0) is 23.6. The zero-order valence-corrected chi connectivity index (χ0v) is 20.0. The molecule has 0 heterocycles. The standard InChI is InChI=1S/C28H31ClN2O2/c1-3-17-30-28(33)26(18-22-10-5-4-6-11-22)31(20-23-13-15-25(29)16-14-23)27(32)19-24-12-8-7-9-21(24)2/h4-16,26H,3,17-20H2,1-2H3,(H,30,33). The maximum atomic E-state index is 13.7. The molecule has 0 fully saturated rings. The Bertz CT molecular complexity index is 1050. The number of carbonyl (C=O) groups is 2. The predicted molar refractivity (Wildman–Crippen MR) is 134 cm³/mol. The summed E-state index contributed by atoms with van der Waals surface area (Å²) in [6.45, 7) is 4.92. The number of nitrogens with one attached hydrogen (secondary N) is 1. The van der Waals surface area contributed by atoms with Crippen molar-refractivity contribution in [3.63, 3.8) is 0 Å².